The minimum Gasteiger partial charge on any atom is -0.457 e. The van der Waals surface area contributed by atoms with Crippen LogP contribution in [0.4, 0.5) is 0 Å². The Labute approximate surface area is 84.6 Å². The number of rotatable bonds is 2. The fourth-order valence-electron chi connectivity index (χ4n) is 1.23. The van der Waals surface area contributed by atoms with Crippen LogP contribution in [0, 0.1) is 5.92 Å². The van der Waals surface area contributed by atoms with Crippen molar-refractivity contribution in [3.05, 3.63) is 22.6 Å². The van der Waals surface area contributed by atoms with E-state index in [2.05, 4.69) is 28.2 Å². The van der Waals surface area contributed by atoms with E-state index in [4.69, 9.17) is 4.42 Å². The normalized spacial score (nSPS) is 25.7. The number of carbonyl (C=O) groups is 1. The summed E-state index contributed by atoms with van der Waals surface area (Å²) in [6.45, 7) is 2.12. The van der Waals surface area contributed by atoms with E-state index in [9.17, 15) is 4.79 Å². The van der Waals surface area contributed by atoms with Crippen molar-refractivity contribution in [3.8, 4) is 0 Å². The predicted octanol–water partition coefficient (Wildman–Crippen LogP) is 2.18. The summed E-state index contributed by atoms with van der Waals surface area (Å²) in [6.07, 6.45) is 2.58. The molecule has 0 saturated heterocycles. The molecule has 1 saturated carbocycles. The van der Waals surface area contributed by atoms with Gasteiger partial charge < -0.3 is 9.73 Å². The maximum atomic E-state index is 11.5. The summed E-state index contributed by atoms with van der Waals surface area (Å²) in [4.78, 5) is 11.5. The summed E-state index contributed by atoms with van der Waals surface area (Å²) >= 11 is 3.16. The van der Waals surface area contributed by atoms with Gasteiger partial charge in [0, 0.05) is 6.04 Å². The SMILES string of the molecule is CC1CC1NC(=O)c1ccoc1Br. The number of hydrogen-bond acceptors (Lipinski definition) is 2. The molecule has 1 aromatic heterocycles. The number of hydrogen-bond donors (Lipinski definition) is 1. The van der Waals surface area contributed by atoms with Crippen LogP contribution in [-0.2, 0) is 0 Å². The average Bonchev–Trinajstić information content (AvgIpc) is 2.62. The third kappa shape index (κ3) is 1.77. The van der Waals surface area contributed by atoms with E-state index in [1.807, 2.05) is 0 Å². The third-order valence-electron chi connectivity index (χ3n) is 2.29. The van der Waals surface area contributed by atoms with Gasteiger partial charge in [0.15, 0.2) is 4.67 Å². The first-order valence-electron chi connectivity index (χ1n) is 4.22. The number of nitrogens with one attached hydrogen (secondary N) is 1. The van der Waals surface area contributed by atoms with E-state index in [0.717, 1.165) is 6.42 Å². The molecular formula is C9H10BrNO2. The Morgan fingerprint density at radius 2 is 2.46 bits per heavy atom. The minimum absolute atomic E-state index is 0.0602. The van der Waals surface area contributed by atoms with Crippen molar-refractivity contribution >= 4 is 21.8 Å². The summed E-state index contributed by atoms with van der Waals surface area (Å²) in [7, 11) is 0. The second-order valence-corrected chi connectivity index (χ2v) is 4.12. The molecule has 0 spiro atoms. The molecule has 1 amide bonds. The number of furan rings is 1. The Balaban J connectivity index is 2.01. The Hall–Kier alpha value is -0.770. The van der Waals surface area contributed by atoms with Crippen LogP contribution >= 0.6 is 15.9 Å². The van der Waals surface area contributed by atoms with Crippen molar-refractivity contribution in [1.29, 1.82) is 0 Å². The molecule has 0 radical (unpaired) electrons. The third-order valence-corrected chi connectivity index (χ3v) is 2.90. The molecule has 0 aliphatic heterocycles. The molecule has 70 valence electrons. The first kappa shape index (κ1) is 8.81. The first-order chi connectivity index (χ1) is 6.18. The second-order valence-electron chi connectivity index (χ2n) is 3.40. The van der Waals surface area contributed by atoms with Gasteiger partial charge in [0.25, 0.3) is 5.91 Å². The van der Waals surface area contributed by atoms with Gasteiger partial charge in [-0.25, -0.2) is 0 Å². The van der Waals surface area contributed by atoms with Gasteiger partial charge in [0.2, 0.25) is 0 Å². The number of halogens is 1. The monoisotopic (exact) mass is 243 g/mol. The first-order valence-corrected chi connectivity index (χ1v) is 5.01. The predicted molar refractivity (Wildman–Crippen MR) is 51.4 cm³/mol. The van der Waals surface area contributed by atoms with Gasteiger partial charge in [-0.3, -0.25) is 4.79 Å². The molecule has 1 aliphatic carbocycles. The molecule has 1 aliphatic rings. The van der Waals surface area contributed by atoms with Gasteiger partial charge >= 0.3 is 0 Å². The van der Waals surface area contributed by atoms with E-state index in [-0.39, 0.29) is 5.91 Å². The fraction of sp³-hybridized carbons (Fsp3) is 0.444. The van der Waals surface area contributed by atoms with Gasteiger partial charge in [-0.15, -0.1) is 0 Å². The molecule has 13 heavy (non-hydrogen) atoms. The summed E-state index contributed by atoms with van der Waals surface area (Å²) in [5.74, 6) is 0.560. The highest BCUT2D eigenvalue weighted by Crippen LogP contribution is 2.29. The van der Waals surface area contributed by atoms with Gasteiger partial charge in [-0.1, -0.05) is 6.92 Å². The zero-order chi connectivity index (χ0) is 9.42. The summed E-state index contributed by atoms with van der Waals surface area (Å²) < 4.78 is 5.47. The number of carbonyl (C=O) groups excluding carboxylic acids is 1. The van der Waals surface area contributed by atoms with Crippen LogP contribution in [0.1, 0.15) is 23.7 Å². The van der Waals surface area contributed by atoms with Crippen LogP contribution in [0.25, 0.3) is 0 Å². The molecule has 0 aromatic carbocycles. The molecule has 4 heteroatoms. The maximum Gasteiger partial charge on any atom is 0.255 e. The highest BCUT2D eigenvalue weighted by molar-refractivity contribution is 9.10. The van der Waals surface area contributed by atoms with Crippen molar-refractivity contribution in [3.63, 3.8) is 0 Å². The van der Waals surface area contributed by atoms with E-state index in [1.54, 1.807) is 6.07 Å². The Morgan fingerprint density at radius 1 is 1.77 bits per heavy atom. The Bertz CT molecular complexity index is 334. The van der Waals surface area contributed by atoms with E-state index < -0.39 is 0 Å². The van der Waals surface area contributed by atoms with Crippen molar-refractivity contribution in [2.24, 2.45) is 5.92 Å². The van der Waals surface area contributed by atoms with Crippen molar-refractivity contribution in [1.82, 2.24) is 5.32 Å². The Morgan fingerprint density at radius 3 is 2.92 bits per heavy atom. The van der Waals surface area contributed by atoms with Crippen LogP contribution in [0.15, 0.2) is 21.4 Å². The van der Waals surface area contributed by atoms with Crippen molar-refractivity contribution in [2.75, 3.05) is 0 Å². The molecular weight excluding hydrogens is 234 g/mol. The summed E-state index contributed by atoms with van der Waals surface area (Å²) in [6, 6.07) is 2.02. The van der Waals surface area contributed by atoms with Gasteiger partial charge in [0.05, 0.1) is 11.8 Å². The molecule has 2 atom stereocenters. The Kier molecular flexibility index (Phi) is 2.15. The molecule has 3 nitrogen and oxygen atoms in total. The lowest BCUT2D eigenvalue weighted by molar-refractivity contribution is 0.0947. The van der Waals surface area contributed by atoms with E-state index in [0.29, 0.717) is 22.2 Å². The maximum absolute atomic E-state index is 11.5. The van der Waals surface area contributed by atoms with Gasteiger partial charge in [0.1, 0.15) is 0 Å². The largest absolute Gasteiger partial charge is 0.457 e. The van der Waals surface area contributed by atoms with Crippen LogP contribution in [0.5, 0.6) is 0 Å². The molecule has 1 fully saturated rings. The molecule has 1 N–H and O–H groups in total. The van der Waals surface area contributed by atoms with Crippen LogP contribution < -0.4 is 5.32 Å². The molecule has 2 unspecified atom stereocenters. The average molecular weight is 244 g/mol. The van der Waals surface area contributed by atoms with Crippen LogP contribution in [-0.4, -0.2) is 11.9 Å². The lowest BCUT2D eigenvalue weighted by atomic mass is 10.3. The number of amides is 1. The summed E-state index contributed by atoms with van der Waals surface area (Å²) in [5.41, 5.74) is 0.569. The van der Waals surface area contributed by atoms with Gasteiger partial charge in [-0.05, 0) is 34.3 Å². The molecule has 1 aromatic rings. The van der Waals surface area contributed by atoms with E-state index >= 15 is 0 Å². The molecule has 2 rings (SSSR count). The van der Waals surface area contributed by atoms with Crippen molar-refractivity contribution in [2.45, 2.75) is 19.4 Å². The smallest absolute Gasteiger partial charge is 0.255 e. The lowest BCUT2D eigenvalue weighted by Crippen LogP contribution is -2.26. The standard InChI is InChI=1S/C9H10BrNO2/c1-5-4-7(5)11-9(12)6-2-3-13-8(6)10/h2-3,5,7H,4H2,1H3,(H,11,12). The fourth-order valence-corrected chi connectivity index (χ4v) is 1.65. The van der Waals surface area contributed by atoms with E-state index in [1.165, 1.54) is 6.26 Å². The second kappa shape index (κ2) is 3.18. The highest BCUT2D eigenvalue weighted by Gasteiger charge is 2.34. The minimum atomic E-state index is -0.0602. The zero-order valence-electron chi connectivity index (χ0n) is 7.21. The van der Waals surface area contributed by atoms with Crippen LogP contribution in [0.3, 0.4) is 0 Å². The zero-order valence-corrected chi connectivity index (χ0v) is 8.80. The topological polar surface area (TPSA) is 42.2 Å². The van der Waals surface area contributed by atoms with Crippen molar-refractivity contribution < 1.29 is 9.21 Å². The quantitative estimate of drug-likeness (QED) is 0.866. The summed E-state index contributed by atoms with van der Waals surface area (Å²) in [5, 5.41) is 2.92. The highest BCUT2D eigenvalue weighted by atomic mass is 79.9. The van der Waals surface area contributed by atoms with Crippen LogP contribution in [0.2, 0.25) is 0 Å². The molecule has 1 heterocycles. The lowest BCUT2D eigenvalue weighted by Gasteiger charge is -2.00. The molecule has 0 bridgehead atoms. The van der Waals surface area contributed by atoms with Gasteiger partial charge in [-0.2, -0.15) is 0 Å².